The largest absolute Gasteiger partial charge is 0.476 e. The zero-order valence-corrected chi connectivity index (χ0v) is 12.2. The Morgan fingerprint density at radius 2 is 2.16 bits per heavy atom. The Balaban J connectivity index is 1.96. The molecular formula is C14H15BrN2O2. The van der Waals surface area contributed by atoms with E-state index in [1.54, 1.807) is 10.7 Å². The third-order valence-electron chi connectivity index (χ3n) is 2.97. The van der Waals surface area contributed by atoms with Crippen molar-refractivity contribution in [3.05, 3.63) is 51.8 Å². The van der Waals surface area contributed by atoms with E-state index in [9.17, 15) is 4.79 Å². The first kappa shape index (κ1) is 13.8. The van der Waals surface area contributed by atoms with Gasteiger partial charge in [0.15, 0.2) is 5.69 Å². The number of aromatic carboxylic acids is 1. The third kappa shape index (κ3) is 3.44. The van der Waals surface area contributed by atoms with Gasteiger partial charge in [-0.25, -0.2) is 4.79 Å². The van der Waals surface area contributed by atoms with Crippen LogP contribution in [0, 0.1) is 6.92 Å². The van der Waals surface area contributed by atoms with E-state index in [0.717, 1.165) is 29.6 Å². The molecule has 2 rings (SSSR count). The summed E-state index contributed by atoms with van der Waals surface area (Å²) in [5.74, 6) is -0.979. The van der Waals surface area contributed by atoms with Crippen molar-refractivity contribution < 1.29 is 9.90 Å². The van der Waals surface area contributed by atoms with Gasteiger partial charge in [-0.2, -0.15) is 5.10 Å². The van der Waals surface area contributed by atoms with Gasteiger partial charge >= 0.3 is 5.97 Å². The quantitative estimate of drug-likeness (QED) is 0.919. The molecule has 0 aliphatic carbocycles. The van der Waals surface area contributed by atoms with Crippen LogP contribution in [0.3, 0.4) is 0 Å². The molecule has 19 heavy (non-hydrogen) atoms. The first-order valence-corrected chi connectivity index (χ1v) is 6.88. The van der Waals surface area contributed by atoms with E-state index >= 15 is 0 Å². The summed E-state index contributed by atoms with van der Waals surface area (Å²) in [4.78, 5) is 10.8. The Hall–Kier alpha value is -1.62. The van der Waals surface area contributed by atoms with Crippen LogP contribution in [0.4, 0.5) is 0 Å². The van der Waals surface area contributed by atoms with Gasteiger partial charge in [-0.15, -0.1) is 0 Å². The number of benzene rings is 1. The van der Waals surface area contributed by atoms with Crippen molar-refractivity contribution in [1.29, 1.82) is 0 Å². The van der Waals surface area contributed by atoms with E-state index < -0.39 is 5.97 Å². The molecule has 0 atom stereocenters. The molecule has 0 aliphatic heterocycles. The first-order chi connectivity index (χ1) is 9.08. The summed E-state index contributed by atoms with van der Waals surface area (Å²) < 4.78 is 2.86. The topological polar surface area (TPSA) is 55.1 Å². The van der Waals surface area contributed by atoms with Crippen molar-refractivity contribution in [3.63, 3.8) is 0 Å². The van der Waals surface area contributed by atoms with Crippen LogP contribution < -0.4 is 0 Å². The molecule has 2 aromatic rings. The molecule has 0 aliphatic rings. The lowest BCUT2D eigenvalue weighted by molar-refractivity contribution is 0.0689. The summed E-state index contributed by atoms with van der Waals surface area (Å²) >= 11 is 3.52. The summed E-state index contributed by atoms with van der Waals surface area (Å²) in [6.45, 7) is 2.60. The van der Waals surface area contributed by atoms with E-state index in [-0.39, 0.29) is 5.69 Å². The van der Waals surface area contributed by atoms with Gasteiger partial charge < -0.3 is 5.11 Å². The molecule has 0 amide bonds. The molecular weight excluding hydrogens is 308 g/mol. The smallest absolute Gasteiger partial charge is 0.356 e. The van der Waals surface area contributed by atoms with E-state index in [1.807, 2.05) is 25.1 Å². The van der Waals surface area contributed by atoms with E-state index in [2.05, 4.69) is 27.1 Å². The van der Waals surface area contributed by atoms with Crippen LogP contribution in [-0.4, -0.2) is 20.9 Å². The lowest BCUT2D eigenvalue weighted by atomic mass is 10.1. The highest BCUT2D eigenvalue weighted by Gasteiger charge is 2.10. The normalized spacial score (nSPS) is 10.6. The first-order valence-electron chi connectivity index (χ1n) is 6.09. The summed E-state index contributed by atoms with van der Waals surface area (Å²) in [5.41, 5.74) is 2.24. The minimum atomic E-state index is -0.979. The van der Waals surface area contributed by atoms with E-state index in [4.69, 9.17) is 5.11 Å². The summed E-state index contributed by atoms with van der Waals surface area (Å²) in [7, 11) is 0. The molecule has 1 aromatic carbocycles. The molecule has 4 nitrogen and oxygen atoms in total. The SMILES string of the molecule is Cc1cc(C(=O)O)nn1CCCc1ccccc1Br. The number of carbonyl (C=O) groups is 1. The number of carboxylic acids is 1. The van der Waals surface area contributed by atoms with Crippen LogP contribution >= 0.6 is 15.9 Å². The van der Waals surface area contributed by atoms with Crippen LogP contribution in [0.15, 0.2) is 34.8 Å². The fourth-order valence-corrected chi connectivity index (χ4v) is 2.44. The van der Waals surface area contributed by atoms with Crippen molar-refractivity contribution in [2.75, 3.05) is 0 Å². The lowest BCUT2D eigenvalue weighted by Gasteiger charge is -2.06. The van der Waals surface area contributed by atoms with Crippen molar-refractivity contribution >= 4 is 21.9 Å². The van der Waals surface area contributed by atoms with Gasteiger partial charge in [-0.1, -0.05) is 34.1 Å². The Morgan fingerprint density at radius 1 is 1.42 bits per heavy atom. The number of carboxylic acid groups (broad SMARTS) is 1. The molecule has 0 saturated carbocycles. The minimum absolute atomic E-state index is 0.110. The Bertz CT molecular complexity index is 593. The predicted octanol–water partition coefficient (Wildman–Crippen LogP) is 3.29. The molecule has 0 fully saturated rings. The second-order valence-corrected chi connectivity index (χ2v) is 5.25. The van der Waals surface area contributed by atoms with Crippen LogP contribution in [0.2, 0.25) is 0 Å². The molecule has 1 aromatic heterocycles. The number of hydrogen-bond donors (Lipinski definition) is 1. The maximum atomic E-state index is 10.8. The number of rotatable bonds is 5. The van der Waals surface area contributed by atoms with Crippen molar-refractivity contribution in [2.45, 2.75) is 26.3 Å². The molecule has 1 N–H and O–H groups in total. The van der Waals surface area contributed by atoms with Gasteiger partial charge in [-0.05, 0) is 37.5 Å². The molecule has 0 bridgehead atoms. The lowest BCUT2D eigenvalue weighted by Crippen LogP contribution is -2.05. The van der Waals surface area contributed by atoms with Gasteiger partial charge in [0.1, 0.15) is 0 Å². The standard InChI is InChI=1S/C14H15BrN2O2/c1-10-9-13(14(18)19)16-17(10)8-4-6-11-5-2-3-7-12(11)15/h2-3,5,7,9H,4,6,8H2,1H3,(H,18,19). The van der Waals surface area contributed by atoms with Crippen molar-refractivity contribution in [3.8, 4) is 0 Å². The minimum Gasteiger partial charge on any atom is -0.476 e. The number of aryl methyl sites for hydroxylation is 3. The molecule has 0 spiro atoms. The van der Waals surface area contributed by atoms with Gasteiger partial charge in [-0.3, -0.25) is 4.68 Å². The third-order valence-corrected chi connectivity index (χ3v) is 3.75. The average Bonchev–Trinajstić information content (AvgIpc) is 2.74. The number of nitrogens with zero attached hydrogens (tertiary/aromatic N) is 2. The fraction of sp³-hybridized carbons (Fsp3) is 0.286. The molecule has 0 radical (unpaired) electrons. The Morgan fingerprint density at radius 3 is 2.79 bits per heavy atom. The van der Waals surface area contributed by atoms with E-state index in [0.29, 0.717) is 0 Å². The van der Waals surface area contributed by atoms with Crippen molar-refractivity contribution in [2.24, 2.45) is 0 Å². The Kier molecular flexibility index (Phi) is 4.37. The summed E-state index contributed by atoms with van der Waals surface area (Å²) in [6, 6.07) is 9.71. The Labute approximate surface area is 120 Å². The van der Waals surface area contributed by atoms with Crippen LogP contribution in [0.5, 0.6) is 0 Å². The predicted molar refractivity (Wildman–Crippen MR) is 76.4 cm³/mol. The molecule has 0 unspecified atom stereocenters. The number of hydrogen-bond acceptors (Lipinski definition) is 2. The maximum Gasteiger partial charge on any atom is 0.356 e. The summed E-state index contributed by atoms with van der Waals surface area (Å²) in [6.07, 6.45) is 1.85. The van der Waals surface area contributed by atoms with Gasteiger partial charge in [0.2, 0.25) is 0 Å². The van der Waals surface area contributed by atoms with E-state index in [1.165, 1.54) is 5.56 Å². The monoisotopic (exact) mass is 322 g/mol. The number of aromatic nitrogens is 2. The molecule has 1 heterocycles. The summed E-state index contributed by atoms with van der Waals surface area (Å²) in [5, 5.41) is 12.9. The van der Waals surface area contributed by atoms with Crippen LogP contribution in [0.25, 0.3) is 0 Å². The maximum absolute atomic E-state index is 10.8. The second-order valence-electron chi connectivity index (χ2n) is 4.39. The van der Waals surface area contributed by atoms with Crippen LogP contribution in [-0.2, 0) is 13.0 Å². The highest BCUT2D eigenvalue weighted by molar-refractivity contribution is 9.10. The average molecular weight is 323 g/mol. The molecule has 0 saturated heterocycles. The zero-order valence-electron chi connectivity index (χ0n) is 10.6. The fourth-order valence-electron chi connectivity index (χ4n) is 1.96. The molecule has 5 heteroatoms. The zero-order chi connectivity index (χ0) is 13.8. The van der Waals surface area contributed by atoms with Gasteiger partial charge in [0.05, 0.1) is 0 Å². The second kappa shape index (κ2) is 6.02. The number of halogens is 1. The van der Waals surface area contributed by atoms with Crippen LogP contribution in [0.1, 0.15) is 28.2 Å². The molecule has 100 valence electrons. The highest BCUT2D eigenvalue weighted by Crippen LogP contribution is 2.17. The van der Waals surface area contributed by atoms with Gasteiger partial charge in [0.25, 0.3) is 0 Å². The van der Waals surface area contributed by atoms with Crippen molar-refractivity contribution in [1.82, 2.24) is 9.78 Å². The van der Waals surface area contributed by atoms with Gasteiger partial charge in [0, 0.05) is 16.7 Å². The highest BCUT2D eigenvalue weighted by atomic mass is 79.9.